The van der Waals surface area contributed by atoms with Gasteiger partial charge in [0.25, 0.3) is 0 Å². The van der Waals surface area contributed by atoms with E-state index in [0.29, 0.717) is 41.0 Å². The van der Waals surface area contributed by atoms with Crippen LogP contribution in [-0.4, -0.2) is 25.3 Å². The number of ether oxygens (including phenoxy) is 3. The fourth-order valence-electron chi connectivity index (χ4n) is 3.81. The Labute approximate surface area is 219 Å². The standard InChI is InChI=1S/C29H35Cl2NO3/c1-19(2)22-6-8-27(28(16-22)33-5)34-12-10-20(3)23-7-9-29(32-18-23)35-13-11-21(4)24-14-25(30)17-26(31)15-24/h6-9,14-21H,10-13H2,1-5H3. The molecule has 2 aromatic carbocycles. The van der Waals surface area contributed by atoms with Crippen LogP contribution in [0.4, 0.5) is 0 Å². The minimum Gasteiger partial charge on any atom is -0.493 e. The zero-order chi connectivity index (χ0) is 25.4. The normalized spacial score (nSPS) is 12.9. The molecule has 0 saturated carbocycles. The summed E-state index contributed by atoms with van der Waals surface area (Å²) in [6.45, 7) is 9.82. The Bertz CT molecular complexity index is 1070. The number of rotatable bonds is 12. The van der Waals surface area contributed by atoms with E-state index in [1.807, 2.05) is 30.5 Å². The minimum atomic E-state index is 0.283. The van der Waals surface area contributed by atoms with Crippen LogP contribution in [0.1, 0.15) is 75.0 Å². The lowest BCUT2D eigenvalue weighted by Crippen LogP contribution is -2.06. The van der Waals surface area contributed by atoms with Crippen molar-refractivity contribution in [2.24, 2.45) is 0 Å². The van der Waals surface area contributed by atoms with Crippen molar-refractivity contribution in [2.75, 3.05) is 20.3 Å². The number of pyridine rings is 1. The van der Waals surface area contributed by atoms with Gasteiger partial charge in [0.05, 0.1) is 20.3 Å². The lowest BCUT2D eigenvalue weighted by molar-refractivity contribution is 0.280. The third kappa shape index (κ3) is 8.05. The van der Waals surface area contributed by atoms with Gasteiger partial charge in [0.15, 0.2) is 11.5 Å². The first-order valence-corrected chi connectivity index (χ1v) is 12.9. The van der Waals surface area contributed by atoms with Gasteiger partial charge in [0.1, 0.15) is 0 Å². The lowest BCUT2D eigenvalue weighted by Gasteiger charge is -2.16. The molecule has 0 aliphatic carbocycles. The third-order valence-corrected chi connectivity index (χ3v) is 6.68. The molecule has 188 valence electrons. The lowest BCUT2D eigenvalue weighted by atomic mass is 9.98. The highest BCUT2D eigenvalue weighted by Crippen LogP contribution is 2.32. The van der Waals surface area contributed by atoms with Gasteiger partial charge >= 0.3 is 0 Å². The third-order valence-electron chi connectivity index (χ3n) is 6.25. The van der Waals surface area contributed by atoms with Gasteiger partial charge in [0, 0.05) is 22.3 Å². The van der Waals surface area contributed by atoms with Crippen molar-refractivity contribution < 1.29 is 14.2 Å². The molecule has 0 N–H and O–H groups in total. The van der Waals surface area contributed by atoms with E-state index in [2.05, 4.69) is 50.9 Å². The Morgan fingerprint density at radius 2 is 1.34 bits per heavy atom. The second-order valence-corrected chi connectivity index (χ2v) is 10.1. The van der Waals surface area contributed by atoms with Gasteiger partial charge in [0.2, 0.25) is 5.88 Å². The molecular formula is C29H35Cl2NO3. The highest BCUT2D eigenvalue weighted by molar-refractivity contribution is 6.34. The number of hydrogen-bond donors (Lipinski definition) is 0. The molecule has 4 nitrogen and oxygen atoms in total. The SMILES string of the molecule is COc1cc(C(C)C)ccc1OCCC(C)c1ccc(OCCC(C)c2cc(Cl)cc(Cl)c2)nc1. The largest absolute Gasteiger partial charge is 0.493 e. The first-order valence-electron chi connectivity index (χ1n) is 12.1. The van der Waals surface area contributed by atoms with Gasteiger partial charge < -0.3 is 14.2 Å². The number of methoxy groups -OCH3 is 1. The Morgan fingerprint density at radius 3 is 1.94 bits per heavy atom. The molecule has 1 aromatic heterocycles. The monoisotopic (exact) mass is 515 g/mol. The molecule has 0 aliphatic heterocycles. The summed E-state index contributed by atoms with van der Waals surface area (Å²) in [7, 11) is 1.68. The molecule has 1 heterocycles. The van der Waals surface area contributed by atoms with E-state index in [9.17, 15) is 0 Å². The molecule has 0 spiro atoms. The maximum absolute atomic E-state index is 6.12. The predicted octanol–water partition coefficient (Wildman–Crippen LogP) is 8.67. The molecule has 6 heteroatoms. The van der Waals surface area contributed by atoms with E-state index in [1.165, 1.54) is 5.56 Å². The second kappa shape index (κ2) is 13.0. The highest BCUT2D eigenvalue weighted by Gasteiger charge is 2.12. The second-order valence-electron chi connectivity index (χ2n) is 9.27. The van der Waals surface area contributed by atoms with Crippen LogP contribution in [0, 0.1) is 0 Å². The molecule has 0 fully saturated rings. The van der Waals surface area contributed by atoms with Gasteiger partial charge in [-0.2, -0.15) is 0 Å². The van der Waals surface area contributed by atoms with Crippen molar-refractivity contribution in [1.29, 1.82) is 0 Å². The van der Waals surface area contributed by atoms with Crippen LogP contribution < -0.4 is 14.2 Å². The average molecular weight is 517 g/mol. The van der Waals surface area contributed by atoms with Crippen molar-refractivity contribution in [3.05, 3.63) is 81.5 Å². The fourth-order valence-corrected chi connectivity index (χ4v) is 4.35. The predicted molar refractivity (Wildman–Crippen MR) is 145 cm³/mol. The highest BCUT2D eigenvalue weighted by atomic mass is 35.5. The van der Waals surface area contributed by atoms with E-state index in [1.54, 1.807) is 13.2 Å². The molecule has 0 amide bonds. The van der Waals surface area contributed by atoms with Crippen LogP contribution in [0.25, 0.3) is 0 Å². The summed E-state index contributed by atoms with van der Waals surface area (Å²) in [6, 6.07) is 15.8. The van der Waals surface area contributed by atoms with Crippen LogP contribution >= 0.6 is 23.2 Å². The van der Waals surface area contributed by atoms with E-state index in [0.717, 1.165) is 35.5 Å². The van der Waals surface area contributed by atoms with E-state index in [-0.39, 0.29) is 5.92 Å². The van der Waals surface area contributed by atoms with Crippen LogP contribution in [0.15, 0.2) is 54.7 Å². The Morgan fingerprint density at radius 1 is 0.714 bits per heavy atom. The summed E-state index contributed by atoms with van der Waals surface area (Å²) in [5.41, 5.74) is 3.50. The summed E-state index contributed by atoms with van der Waals surface area (Å²) in [6.07, 6.45) is 3.60. The van der Waals surface area contributed by atoms with Crippen LogP contribution in [0.5, 0.6) is 17.4 Å². The first kappa shape index (κ1) is 27.2. The van der Waals surface area contributed by atoms with Gasteiger partial charge in [-0.25, -0.2) is 4.98 Å². The maximum atomic E-state index is 6.12. The van der Waals surface area contributed by atoms with Crippen LogP contribution in [0.3, 0.4) is 0 Å². The van der Waals surface area contributed by atoms with Crippen LogP contribution in [0.2, 0.25) is 10.0 Å². The van der Waals surface area contributed by atoms with Crippen molar-refractivity contribution >= 4 is 23.2 Å². The quantitative estimate of drug-likeness (QED) is 0.242. The van der Waals surface area contributed by atoms with E-state index >= 15 is 0 Å². The van der Waals surface area contributed by atoms with Gasteiger partial charge in [-0.1, -0.05) is 63.0 Å². The topological polar surface area (TPSA) is 40.6 Å². The van der Waals surface area contributed by atoms with E-state index in [4.69, 9.17) is 37.4 Å². The van der Waals surface area contributed by atoms with E-state index < -0.39 is 0 Å². The summed E-state index contributed by atoms with van der Waals surface area (Å²) in [5.74, 6) is 3.22. The minimum absolute atomic E-state index is 0.283. The maximum Gasteiger partial charge on any atom is 0.213 e. The van der Waals surface area contributed by atoms with Gasteiger partial charge in [-0.3, -0.25) is 0 Å². The number of hydrogen-bond acceptors (Lipinski definition) is 4. The Hall–Kier alpha value is -2.43. The molecule has 0 radical (unpaired) electrons. The molecule has 3 rings (SSSR count). The number of aromatic nitrogens is 1. The molecule has 0 bridgehead atoms. The Kier molecular flexibility index (Phi) is 10.1. The molecular weight excluding hydrogens is 481 g/mol. The first-order chi connectivity index (χ1) is 16.8. The van der Waals surface area contributed by atoms with Crippen LogP contribution in [-0.2, 0) is 0 Å². The number of halogens is 2. The molecule has 0 aliphatic rings. The average Bonchev–Trinajstić information content (AvgIpc) is 2.83. The smallest absolute Gasteiger partial charge is 0.213 e. The molecule has 3 aromatic rings. The molecule has 2 unspecified atom stereocenters. The zero-order valence-electron chi connectivity index (χ0n) is 21.2. The van der Waals surface area contributed by atoms with Crippen molar-refractivity contribution in [1.82, 2.24) is 4.98 Å². The van der Waals surface area contributed by atoms with Crippen molar-refractivity contribution in [2.45, 2.75) is 58.3 Å². The number of benzene rings is 2. The Balaban J connectivity index is 1.45. The zero-order valence-corrected chi connectivity index (χ0v) is 22.7. The van der Waals surface area contributed by atoms with Crippen molar-refractivity contribution in [3.63, 3.8) is 0 Å². The summed E-state index contributed by atoms with van der Waals surface area (Å²) in [5, 5.41) is 1.31. The van der Waals surface area contributed by atoms with Crippen molar-refractivity contribution in [3.8, 4) is 17.4 Å². The summed E-state index contributed by atoms with van der Waals surface area (Å²) < 4.78 is 17.4. The van der Waals surface area contributed by atoms with Gasteiger partial charge in [-0.05, 0) is 77.6 Å². The molecule has 0 saturated heterocycles. The van der Waals surface area contributed by atoms with Gasteiger partial charge in [-0.15, -0.1) is 0 Å². The molecule has 35 heavy (non-hydrogen) atoms. The molecule has 2 atom stereocenters. The summed E-state index contributed by atoms with van der Waals surface area (Å²) >= 11 is 12.2. The fraction of sp³-hybridized carbons (Fsp3) is 0.414. The summed E-state index contributed by atoms with van der Waals surface area (Å²) in [4.78, 5) is 4.49. The number of nitrogens with zero attached hydrogens (tertiary/aromatic N) is 1.